The predicted molar refractivity (Wildman–Crippen MR) is 59.9 cm³/mol. The van der Waals surface area contributed by atoms with Crippen molar-refractivity contribution in [3.05, 3.63) is 24.3 Å². The quantitative estimate of drug-likeness (QED) is 0.505. The minimum atomic E-state index is -0.0771. The van der Waals surface area contributed by atoms with E-state index in [0.29, 0.717) is 12.1 Å². The van der Waals surface area contributed by atoms with Crippen LogP contribution >= 0.6 is 0 Å². The molecule has 15 heavy (non-hydrogen) atoms. The summed E-state index contributed by atoms with van der Waals surface area (Å²) in [4.78, 5) is 11.4. The van der Waals surface area contributed by atoms with Gasteiger partial charge in [-0.15, -0.1) is 0 Å². The summed E-state index contributed by atoms with van der Waals surface area (Å²) < 4.78 is 0. The predicted octanol–water partition coefficient (Wildman–Crippen LogP) is 1.33. The second kappa shape index (κ2) is 6.03. The Bertz CT molecular complexity index is 326. The largest absolute Gasteiger partial charge is 0.506 e. The van der Waals surface area contributed by atoms with E-state index in [2.05, 4.69) is 10.6 Å². The molecule has 4 heteroatoms. The summed E-state index contributed by atoms with van der Waals surface area (Å²) in [5.41, 5.74) is 0.465. The molecular formula is C11H16N2O2. The van der Waals surface area contributed by atoms with Crippen LogP contribution in [0.25, 0.3) is 0 Å². The normalized spacial score (nSPS) is 9.93. The van der Waals surface area contributed by atoms with Gasteiger partial charge in [-0.2, -0.15) is 0 Å². The molecule has 0 unspecified atom stereocenters. The number of carbonyl (C=O) groups excluding carboxylic acids is 1. The third-order valence-corrected chi connectivity index (χ3v) is 2.01. The molecule has 0 atom stereocenters. The van der Waals surface area contributed by atoms with Gasteiger partial charge in [0, 0.05) is 6.42 Å². The Balaban J connectivity index is 2.41. The van der Waals surface area contributed by atoms with E-state index in [4.69, 9.17) is 0 Å². The van der Waals surface area contributed by atoms with Crippen LogP contribution in [-0.2, 0) is 4.79 Å². The van der Waals surface area contributed by atoms with Crippen molar-refractivity contribution >= 4 is 11.6 Å². The smallest absolute Gasteiger partial charge is 0.224 e. The highest BCUT2D eigenvalue weighted by Crippen LogP contribution is 2.21. The average molecular weight is 208 g/mol. The molecular weight excluding hydrogens is 192 g/mol. The maximum Gasteiger partial charge on any atom is 0.224 e. The lowest BCUT2D eigenvalue weighted by Gasteiger charge is -2.06. The molecule has 1 rings (SSSR count). The van der Waals surface area contributed by atoms with E-state index < -0.39 is 0 Å². The number of anilines is 1. The highest BCUT2D eigenvalue weighted by molar-refractivity contribution is 5.92. The van der Waals surface area contributed by atoms with Gasteiger partial charge in [0.25, 0.3) is 0 Å². The molecule has 1 aromatic rings. The third kappa shape index (κ3) is 3.99. The van der Waals surface area contributed by atoms with Crippen molar-refractivity contribution in [3.8, 4) is 5.75 Å². The number of benzene rings is 1. The highest BCUT2D eigenvalue weighted by atomic mass is 16.3. The molecule has 0 bridgehead atoms. The lowest BCUT2D eigenvalue weighted by molar-refractivity contribution is -0.116. The van der Waals surface area contributed by atoms with Gasteiger partial charge >= 0.3 is 0 Å². The van der Waals surface area contributed by atoms with E-state index in [1.807, 2.05) is 7.05 Å². The molecule has 4 nitrogen and oxygen atoms in total. The van der Waals surface area contributed by atoms with Gasteiger partial charge in [-0.3, -0.25) is 4.79 Å². The van der Waals surface area contributed by atoms with Crippen molar-refractivity contribution in [3.63, 3.8) is 0 Å². The second-order valence-electron chi connectivity index (χ2n) is 3.27. The molecule has 82 valence electrons. The Morgan fingerprint density at radius 2 is 2.13 bits per heavy atom. The summed E-state index contributed by atoms with van der Waals surface area (Å²) in [5.74, 6) is 0.0196. The number of aromatic hydroxyl groups is 1. The zero-order valence-electron chi connectivity index (χ0n) is 8.79. The van der Waals surface area contributed by atoms with Crippen LogP contribution in [-0.4, -0.2) is 24.6 Å². The van der Waals surface area contributed by atoms with Crippen LogP contribution in [0.4, 0.5) is 5.69 Å². The summed E-state index contributed by atoms with van der Waals surface area (Å²) in [7, 11) is 1.85. The summed E-state index contributed by atoms with van der Waals surface area (Å²) in [5, 5.41) is 15.0. The third-order valence-electron chi connectivity index (χ3n) is 2.01. The Kier molecular flexibility index (Phi) is 4.63. The summed E-state index contributed by atoms with van der Waals surface area (Å²) in [6, 6.07) is 6.70. The lowest BCUT2D eigenvalue weighted by atomic mass is 10.2. The van der Waals surface area contributed by atoms with E-state index in [9.17, 15) is 9.90 Å². The van der Waals surface area contributed by atoms with E-state index in [1.165, 1.54) is 0 Å². The number of amides is 1. The Morgan fingerprint density at radius 1 is 1.40 bits per heavy atom. The SMILES string of the molecule is CNCCCC(=O)Nc1ccccc1O. The van der Waals surface area contributed by atoms with Gasteiger partial charge in [0.2, 0.25) is 5.91 Å². The molecule has 0 aliphatic heterocycles. The molecule has 0 saturated carbocycles. The lowest BCUT2D eigenvalue weighted by Crippen LogP contribution is -2.15. The van der Waals surface area contributed by atoms with Crippen LogP contribution in [0.1, 0.15) is 12.8 Å². The number of hydrogen-bond donors (Lipinski definition) is 3. The van der Waals surface area contributed by atoms with Crippen LogP contribution in [0.2, 0.25) is 0 Å². The fourth-order valence-electron chi connectivity index (χ4n) is 1.22. The zero-order chi connectivity index (χ0) is 11.1. The molecule has 0 spiro atoms. The van der Waals surface area contributed by atoms with E-state index in [-0.39, 0.29) is 11.7 Å². The van der Waals surface area contributed by atoms with E-state index in [0.717, 1.165) is 13.0 Å². The number of hydrogen-bond acceptors (Lipinski definition) is 3. The molecule has 0 saturated heterocycles. The number of phenolic OH excluding ortho intramolecular Hbond substituents is 1. The average Bonchev–Trinajstić information content (AvgIpc) is 2.22. The van der Waals surface area contributed by atoms with Gasteiger partial charge in [-0.05, 0) is 32.1 Å². The first-order valence-electron chi connectivity index (χ1n) is 4.96. The van der Waals surface area contributed by atoms with Gasteiger partial charge in [0.05, 0.1) is 5.69 Å². The second-order valence-corrected chi connectivity index (χ2v) is 3.27. The van der Waals surface area contributed by atoms with Gasteiger partial charge in [0.15, 0.2) is 0 Å². The van der Waals surface area contributed by atoms with Crippen molar-refractivity contribution in [1.29, 1.82) is 0 Å². The van der Waals surface area contributed by atoms with Crippen molar-refractivity contribution in [2.45, 2.75) is 12.8 Å². The minimum Gasteiger partial charge on any atom is -0.506 e. The summed E-state index contributed by atoms with van der Waals surface area (Å²) in [6.07, 6.45) is 1.24. The van der Waals surface area contributed by atoms with Gasteiger partial charge in [-0.1, -0.05) is 12.1 Å². The van der Waals surface area contributed by atoms with Gasteiger partial charge in [0.1, 0.15) is 5.75 Å². The first kappa shape index (κ1) is 11.5. The summed E-state index contributed by atoms with van der Waals surface area (Å²) in [6.45, 7) is 0.814. The first-order chi connectivity index (χ1) is 7.24. The van der Waals surface area contributed by atoms with Gasteiger partial charge < -0.3 is 15.7 Å². The Morgan fingerprint density at radius 3 is 2.80 bits per heavy atom. The first-order valence-corrected chi connectivity index (χ1v) is 4.96. The minimum absolute atomic E-state index is 0.0771. The van der Waals surface area contributed by atoms with Crippen molar-refractivity contribution in [2.24, 2.45) is 0 Å². The van der Waals surface area contributed by atoms with Gasteiger partial charge in [-0.25, -0.2) is 0 Å². The number of nitrogens with one attached hydrogen (secondary N) is 2. The Labute approximate surface area is 89.3 Å². The number of carbonyl (C=O) groups is 1. The molecule has 0 radical (unpaired) electrons. The number of phenols is 1. The fourth-order valence-corrected chi connectivity index (χ4v) is 1.22. The van der Waals surface area contributed by atoms with E-state index in [1.54, 1.807) is 24.3 Å². The number of rotatable bonds is 5. The topological polar surface area (TPSA) is 61.4 Å². The standard InChI is InChI=1S/C11H16N2O2/c1-12-8-4-7-11(15)13-9-5-2-3-6-10(9)14/h2-3,5-6,12,14H,4,7-8H2,1H3,(H,13,15). The molecule has 0 fully saturated rings. The molecule has 0 aliphatic carbocycles. The van der Waals surface area contributed by atoms with E-state index >= 15 is 0 Å². The van der Waals surface area contributed by atoms with Crippen molar-refractivity contribution < 1.29 is 9.90 Å². The zero-order valence-corrected chi connectivity index (χ0v) is 8.79. The molecule has 0 heterocycles. The highest BCUT2D eigenvalue weighted by Gasteiger charge is 2.04. The monoisotopic (exact) mass is 208 g/mol. The molecule has 1 aromatic carbocycles. The maximum absolute atomic E-state index is 11.4. The maximum atomic E-state index is 11.4. The van der Waals surface area contributed by atoms with Crippen molar-refractivity contribution in [2.75, 3.05) is 18.9 Å². The van der Waals surface area contributed by atoms with Crippen LogP contribution in [0, 0.1) is 0 Å². The molecule has 0 aliphatic rings. The molecule has 3 N–H and O–H groups in total. The Hall–Kier alpha value is -1.55. The molecule has 0 aromatic heterocycles. The fraction of sp³-hybridized carbons (Fsp3) is 0.364. The number of para-hydroxylation sites is 2. The summed E-state index contributed by atoms with van der Waals surface area (Å²) >= 11 is 0. The van der Waals surface area contributed by atoms with Crippen LogP contribution in [0.15, 0.2) is 24.3 Å². The van der Waals surface area contributed by atoms with Crippen LogP contribution < -0.4 is 10.6 Å². The van der Waals surface area contributed by atoms with Crippen LogP contribution in [0.3, 0.4) is 0 Å². The molecule has 1 amide bonds. The van der Waals surface area contributed by atoms with Crippen LogP contribution in [0.5, 0.6) is 5.75 Å². The van der Waals surface area contributed by atoms with Crippen molar-refractivity contribution in [1.82, 2.24) is 5.32 Å².